The first kappa shape index (κ1) is 25.0. The Kier molecular flexibility index (Phi) is 6.88. The second-order valence-corrected chi connectivity index (χ2v) is 9.23. The molecule has 0 bridgehead atoms. The van der Waals surface area contributed by atoms with Crippen molar-refractivity contribution in [3.8, 4) is 11.5 Å². The van der Waals surface area contributed by atoms with Gasteiger partial charge in [0, 0.05) is 29.9 Å². The summed E-state index contributed by atoms with van der Waals surface area (Å²) in [6.45, 7) is 7.68. The van der Waals surface area contributed by atoms with Crippen molar-refractivity contribution in [3.63, 3.8) is 0 Å². The van der Waals surface area contributed by atoms with Crippen LogP contribution in [0.5, 0.6) is 11.5 Å². The number of para-hydroxylation sites is 1. The van der Waals surface area contributed by atoms with Crippen molar-refractivity contribution >= 4 is 17.4 Å². The Hall–Kier alpha value is -4.07. The topological polar surface area (TPSA) is 91.1 Å². The number of ketones is 1. The standard InChI is InChI=1S/C28H30N2O6/c1-17-21(18(2)36-29-17)16-34-24-12-11-19(13-25(24)33-6)27(32)35-15-20(31)14-26-28(3,4)22-9-7-8-10-23(22)30(26)5/h7-14H,15-16H2,1-6H3. The number of ether oxygens (including phenoxy) is 3. The number of carbonyl (C=O) groups is 2. The molecule has 0 saturated heterocycles. The number of aromatic nitrogens is 1. The number of nitrogens with zero attached hydrogens (tertiary/aromatic N) is 2. The molecule has 0 aliphatic carbocycles. The number of benzene rings is 2. The van der Waals surface area contributed by atoms with Crippen molar-refractivity contribution < 1.29 is 28.3 Å². The first-order valence-electron chi connectivity index (χ1n) is 11.6. The monoisotopic (exact) mass is 490 g/mol. The number of likely N-dealkylation sites (N-methyl/N-ethyl adjacent to an activating group) is 1. The number of hydrogen-bond donors (Lipinski definition) is 0. The third-order valence-corrected chi connectivity index (χ3v) is 6.54. The molecule has 2 aromatic carbocycles. The Morgan fingerprint density at radius 2 is 1.86 bits per heavy atom. The summed E-state index contributed by atoms with van der Waals surface area (Å²) >= 11 is 0. The number of methoxy groups -OCH3 is 1. The van der Waals surface area contributed by atoms with Crippen LogP contribution in [0.2, 0.25) is 0 Å². The van der Waals surface area contributed by atoms with Gasteiger partial charge in [-0.25, -0.2) is 4.79 Å². The molecule has 3 aromatic rings. The number of anilines is 1. The Morgan fingerprint density at radius 1 is 1.11 bits per heavy atom. The minimum Gasteiger partial charge on any atom is -0.493 e. The van der Waals surface area contributed by atoms with Crippen LogP contribution in [0.15, 0.2) is 58.8 Å². The molecule has 8 heteroatoms. The van der Waals surface area contributed by atoms with E-state index in [1.165, 1.54) is 13.2 Å². The average Bonchev–Trinajstić information content (AvgIpc) is 3.29. The predicted octanol–water partition coefficient (Wildman–Crippen LogP) is 4.92. The Labute approximate surface area is 210 Å². The summed E-state index contributed by atoms with van der Waals surface area (Å²) < 4.78 is 21.7. The van der Waals surface area contributed by atoms with Gasteiger partial charge in [-0.2, -0.15) is 0 Å². The zero-order valence-corrected chi connectivity index (χ0v) is 21.4. The van der Waals surface area contributed by atoms with Crippen LogP contribution in [-0.4, -0.2) is 37.7 Å². The molecule has 1 aliphatic heterocycles. The minimum absolute atomic E-state index is 0.249. The normalized spacial score (nSPS) is 15.1. The second kappa shape index (κ2) is 9.89. The van der Waals surface area contributed by atoms with Crippen LogP contribution in [0.4, 0.5) is 5.69 Å². The first-order valence-corrected chi connectivity index (χ1v) is 11.6. The maximum atomic E-state index is 12.7. The van der Waals surface area contributed by atoms with Crippen LogP contribution >= 0.6 is 0 Å². The van der Waals surface area contributed by atoms with Gasteiger partial charge < -0.3 is 23.6 Å². The fraction of sp³-hybridized carbons (Fsp3) is 0.321. The third-order valence-electron chi connectivity index (χ3n) is 6.54. The van der Waals surface area contributed by atoms with Crippen LogP contribution in [0.1, 0.15) is 46.8 Å². The number of esters is 1. The van der Waals surface area contributed by atoms with E-state index in [1.54, 1.807) is 18.2 Å². The van der Waals surface area contributed by atoms with Gasteiger partial charge in [-0.3, -0.25) is 4.79 Å². The lowest BCUT2D eigenvalue weighted by Crippen LogP contribution is -2.25. The fourth-order valence-corrected chi connectivity index (χ4v) is 4.44. The van der Waals surface area contributed by atoms with Gasteiger partial charge in [-0.15, -0.1) is 0 Å². The highest BCUT2D eigenvalue weighted by Gasteiger charge is 2.38. The minimum atomic E-state index is -0.625. The number of allylic oxidation sites excluding steroid dienone is 1. The van der Waals surface area contributed by atoms with Crippen molar-refractivity contribution in [2.75, 3.05) is 25.7 Å². The van der Waals surface area contributed by atoms with E-state index in [-0.39, 0.29) is 30.0 Å². The van der Waals surface area contributed by atoms with Crippen LogP contribution in [0.3, 0.4) is 0 Å². The van der Waals surface area contributed by atoms with Gasteiger partial charge in [0.15, 0.2) is 23.9 Å². The molecule has 0 N–H and O–H groups in total. The molecule has 0 fully saturated rings. The van der Waals surface area contributed by atoms with Gasteiger partial charge in [0.25, 0.3) is 0 Å². The van der Waals surface area contributed by atoms with Crippen molar-refractivity contribution in [2.45, 2.75) is 39.7 Å². The maximum absolute atomic E-state index is 12.7. The number of fused-ring (bicyclic) bond motifs is 1. The molecular formula is C28H30N2O6. The lowest BCUT2D eigenvalue weighted by molar-refractivity contribution is -0.117. The molecule has 2 heterocycles. The Morgan fingerprint density at radius 3 is 2.53 bits per heavy atom. The quantitative estimate of drug-likeness (QED) is 0.325. The summed E-state index contributed by atoms with van der Waals surface area (Å²) in [7, 11) is 3.42. The van der Waals surface area contributed by atoms with Crippen LogP contribution in [0.25, 0.3) is 0 Å². The van der Waals surface area contributed by atoms with E-state index < -0.39 is 5.97 Å². The van der Waals surface area contributed by atoms with Crippen molar-refractivity contribution in [3.05, 3.63) is 82.4 Å². The Bertz CT molecular complexity index is 1320. The Balaban J connectivity index is 1.41. The molecule has 4 rings (SSSR count). The van der Waals surface area contributed by atoms with E-state index in [2.05, 4.69) is 25.1 Å². The van der Waals surface area contributed by atoms with Gasteiger partial charge in [0.2, 0.25) is 0 Å². The van der Waals surface area contributed by atoms with Gasteiger partial charge >= 0.3 is 5.97 Å². The zero-order chi connectivity index (χ0) is 26.0. The fourth-order valence-electron chi connectivity index (χ4n) is 4.44. The SMILES string of the molecule is COc1cc(C(=O)OCC(=O)C=C2N(C)c3ccccc3C2(C)C)ccc1OCc1c(C)noc1C. The van der Waals surface area contributed by atoms with E-state index in [4.69, 9.17) is 18.7 Å². The maximum Gasteiger partial charge on any atom is 0.338 e. The summed E-state index contributed by atoms with van der Waals surface area (Å²) in [5, 5.41) is 3.92. The lowest BCUT2D eigenvalue weighted by Gasteiger charge is -2.23. The number of aryl methyl sites for hydroxylation is 2. The smallest absolute Gasteiger partial charge is 0.338 e. The summed E-state index contributed by atoms with van der Waals surface area (Å²) in [6, 6.07) is 12.8. The largest absolute Gasteiger partial charge is 0.493 e. The van der Waals surface area contributed by atoms with Crippen molar-refractivity contribution in [2.24, 2.45) is 0 Å². The predicted molar refractivity (Wildman–Crippen MR) is 135 cm³/mol. The highest BCUT2D eigenvalue weighted by Crippen LogP contribution is 2.46. The van der Waals surface area contributed by atoms with Gasteiger partial charge in [-0.05, 0) is 43.7 Å². The van der Waals surface area contributed by atoms with Gasteiger partial charge in [0.1, 0.15) is 12.4 Å². The number of carbonyl (C=O) groups excluding carboxylic acids is 2. The van der Waals surface area contributed by atoms with E-state index in [9.17, 15) is 9.59 Å². The van der Waals surface area contributed by atoms with Crippen molar-refractivity contribution in [1.29, 1.82) is 0 Å². The molecule has 8 nitrogen and oxygen atoms in total. The van der Waals surface area contributed by atoms with E-state index >= 15 is 0 Å². The second-order valence-electron chi connectivity index (χ2n) is 9.23. The van der Waals surface area contributed by atoms with Crippen LogP contribution in [0, 0.1) is 13.8 Å². The molecule has 188 valence electrons. The van der Waals surface area contributed by atoms with E-state index in [1.807, 2.05) is 44.0 Å². The lowest BCUT2D eigenvalue weighted by atomic mass is 9.83. The molecule has 0 amide bonds. The number of rotatable bonds is 8. The summed E-state index contributed by atoms with van der Waals surface area (Å²) in [4.78, 5) is 27.4. The molecular weight excluding hydrogens is 460 g/mol. The summed E-state index contributed by atoms with van der Waals surface area (Å²) in [6.07, 6.45) is 1.56. The molecule has 0 spiro atoms. The molecule has 36 heavy (non-hydrogen) atoms. The molecule has 0 atom stereocenters. The molecule has 1 aliphatic rings. The molecule has 1 aromatic heterocycles. The molecule has 0 saturated carbocycles. The van der Waals surface area contributed by atoms with Crippen LogP contribution < -0.4 is 14.4 Å². The summed E-state index contributed by atoms with van der Waals surface area (Å²) in [5.41, 5.74) is 4.58. The van der Waals surface area contributed by atoms with Gasteiger partial charge in [0.05, 0.1) is 23.9 Å². The van der Waals surface area contributed by atoms with Crippen molar-refractivity contribution in [1.82, 2.24) is 5.16 Å². The number of hydrogen-bond acceptors (Lipinski definition) is 8. The highest BCUT2D eigenvalue weighted by atomic mass is 16.5. The third kappa shape index (κ3) is 4.71. The summed E-state index contributed by atoms with van der Waals surface area (Å²) in [5.74, 6) is 0.595. The highest BCUT2D eigenvalue weighted by molar-refractivity contribution is 5.96. The average molecular weight is 491 g/mol. The van der Waals surface area contributed by atoms with Gasteiger partial charge in [-0.1, -0.05) is 37.2 Å². The zero-order valence-electron chi connectivity index (χ0n) is 21.4. The first-order chi connectivity index (χ1) is 17.1. The van der Waals surface area contributed by atoms with Crippen LogP contribution in [-0.2, 0) is 21.6 Å². The molecule has 0 radical (unpaired) electrons. The van der Waals surface area contributed by atoms with E-state index in [0.29, 0.717) is 17.3 Å². The molecule has 0 unspecified atom stereocenters. The van der Waals surface area contributed by atoms with E-state index in [0.717, 1.165) is 28.2 Å².